The number of amides is 1. The molecule has 0 aliphatic rings. The average molecular weight is 364 g/mol. The first-order chi connectivity index (χ1) is 13.0. The number of nitrogens with zero attached hydrogens (tertiary/aromatic N) is 3. The van der Waals surface area contributed by atoms with Crippen LogP contribution >= 0.6 is 0 Å². The van der Waals surface area contributed by atoms with Gasteiger partial charge in [-0.1, -0.05) is 29.8 Å². The smallest absolute Gasteiger partial charge is 0.365 e. The zero-order valence-electron chi connectivity index (χ0n) is 15.3. The van der Waals surface area contributed by atoms with E-state index in [1.165, 1.54) is 6.20 Å². The molecule has 1 amide bonds. The van der Waals surface area contributed by atoms with Gasteiger partial charge in [-0.2, -0.15) is 10.1 Å². The molecular formula is C20H20N4O3. The third kappa shape index (κ3) is 4.20. The molecular weight excluding hydrogens is 344 g/mol. The zero-order valence-corrected chi connectivity index (χ0v) is 15.3. The van der Waals surface area contributed by atoms with Gasteiger partial charge in [-0.15, -0.1) is 0 Å². The lowest BCUT2D eigenvalue weighted by molar-refractivity contribution is -0.119. The third-order valence-corrected chi connectivity index (χ3v) is 4.17. The van der Waals surface area contributed by atoms with Crippen molar-refractivity contribution in [1.29, 1.82) is 0 Å². The number of methoxy groups -OCH3 is 1. The van der Waals surface area contributed by atoms with Crippen LogP contribution in [0.4, 0.5) is 5.69 Å². The fraction of sp³-hybridized carbons (Fsp3) is 0.200. The number of anilines is 1. The van der Waals surface area contributed by atoms with Crippen molar-refractivity contribution >= 4 is 11.6 Å². The van der Waals surface area contributed by atoms with E-state index in [1.807, 2.05) is 31.2 Å². The molecule has 0 radical (unpaired) electrons. The van der Waals surface area contributed by atoms with E-state index in [2.05, 4.69) is 15.4 Å². The summed E-state index contributed by atoms with van der Waals surface area (Å²) in [5, 5.41) is 6.88. The van der Waals surface area contributed by atoms with E-state index in [4.69, 9.17) is 4.74 Å². The van der Waals surface area contributed by atoms with E-state index >= 15 is 0 Å². The highest BCUT2D eigenvalue weighted by Crippen LogP contribution is 2.17. The van der Waals surface area contributed by atoms with Gasteiger partial charge in [0.1, 0.15) is 11.8 Å². The Bertz CT molecular complexity index is 995. The number of hydrogen-bond donors (Lipinski definition) is 1. The van der Waals surface area contributed by atoms with Crippen LogP contribution in [0.5, 0.6) is 5.75 Å². The van der Waals surface area contributed by atoms with Gasteiger partial charge in [0.15, 0.2) is 0 Å². The van der Waals surface area contributed by atoms with Crippen LogP contribution in [0.2, 0.25) is 0 Å². The van der Waals surface area contributed by atoms with E-state index in [0.717, 1.165) is 15.8 Å². The van der Waals surface area contributed by atoms with E-state index in [9.17, 15) is 9.59 Å². The molecule has 1 aromatic heterocycles. The van der Waals surface area contributed by atoms with Gasteiger partial charge in [0, 0.05) is 11.3 Å². The number of aromatic nitrogens is 3. The number of benzene rings is 2. The standard InChI is InChI=1S/C20H20N4O3/c1-13-4-6-15(7-5-13)18-12-21-24(20(26)23-18)14(2)19(25)22-16-8-10-17(27-3)11-9-16/h4-12,14H,1-3H3,(H,22,25). The van der Waals surface area contributed by atoms with Gasteiger partial charge in [0.2, 0.25) is 5.91 Å². The second-order valence-corrected chi connectivity index (χ2v) is 6.13. The van der Waals surface area contributed by atoms with Gasteiger partial charge in [0.05, 0.1) is 19.0 Å². The molecule has 0 spiro atoms. The summed E-state index contributed by atoms with van der Waals surface area (Å²) in [6, 6.07) is 13.7. The molecule has 1 N–H and O–H groups in total. The molecule has 3 rings (SSSR count). The molecule has 3 aromatic rings. The van der Waals surface area contributed by atoms with Crippen LogP contribution in [0, 0.1) is 6.92 Å². The minimum absolute atomic E-state index is 0.361. The van der Waals surface area contributed by atoms with Gasteiger partial charge in [-0.05, 0) is 38.1 Å². The molecule has 0 saturated heterocycles. The van der Waals surface area contributed by atoms with E-state index in [1.54, 1.807) is 38.3 Å². The first kappa shape index (κ1) is 18.3. The molecule has 1 atom stereocenters. The number of rotatable bonds is 5. The first-order valence-electron chi connectivity index (χ1n) is 8.46. The molecule has 7 nitrogen and oxygen atoms in total. The summed E-state index contributed by atoms with van der Waals surface area (Å²) in [5.41, 5.74) is 2.41. The Morgan fingerprint density at radius 2 is 1.78 bits per heavy atom. The molecule has 0 fully saturated rings. The summed E-state index contributed by atoms with van der Waals surface area (Å²) in [5.74, 6) is 0.328. The molecule has 0 saturated carbocycles. The fourth-order valence-electron chi connectivity index (χ4n) is 2.51. The Labute approximate surface area is 156 Å². The maximum Gasteiger partial charge on any atom is 0.365 e. The molecule has 138 valence electrons. The normalized spacial score (nSPS) is 11.7. The van der Waals surface area contributed by atoms with Crippen molar-refractivity contribution in [3.63, 3.8) is 0 Å². The van der Waals surface area contributed by atoms with Crippen molar-refractivity contribution in [2.24, 2.45) is 0 Å². The Morgan fingerprint density at radius 3 is 2.37 bits per heavy atom. The highest BCUT2D eigenvalue weighted by atomic mass is 16.5. The lowest BCUT2D eigenvalue weighted by atomic mass is 10.1. The number of hydrogen-bond acceptors (Lipinski definition) is 5. The predicted octanol–water partition coefficient (Wildman–Crippen LogP) is 2.82. The minimum atomic E-state index is -0.806. The Hall–Kier alpha value is -3.48. The van der Waals surface area contributed by atoms with Crippen molar-refractivity contribution in [2.45, 2.75) is 19.9 Å². The van der Waals surface area contributed by atoms with Crippen molar-refractivity contribution in [1.82, 2.24) is 14.8 Å². The summed E-state index contributed by atoms with van der Waals surface area (Å²) in [6.07, 6.45) is 1.49. The quantitative estimate of drug-likeness (QED) is 0.752. The van der Waals surface area contributed by atoms with E-state index in [-0.39, 0.29) is 5.91 Å². The highest BCUT2D eigenvalue weighted by Gasteiger charge is 2.18. The average Bonchev–Trinajstić information content (AvgIpc) is 2.68. The second-order valence-electron chi connectivity index (χ2n) is 6.13. The number of ether oxygens (including phenoxy) is 1. The maximum atomic E-state index is 12.4. The van der Waals surface area contributed by atoms with Crippen LogP contribution in [0.25, 0.3) is 11.3 Å². The van der Waals surface area contributed by atoms with Crippen LogP contribution in [0.1, 0.15) is 18.5 Å². The SMILES string of the molecule is COc1ccc(NC(=O)C(C)n2ncc(-c3ccc(C)cc3)nc2=O)cc1. The Morgan fingerprint density at radius 1 is 1.11 bits per heavy atom. The zero-order chi connectivity index (χ0) is 19.4. The van der Waals surface area contributed by atoms with Crippen LogP contribution in [0.15, 0.2) is 59.5 Å². The van der Waals surface area contributed by atoms with Crippen LogP contribution in [-0.2, 0) is 4.79 Å². The lowest BCUT2D eigenvalue weighted by Gasteiger charge is -2.14. The van der Waals surface area contributed by atoms with Gasteiger partial charge in [-0.25, -0.2) is 9.48 Å². The summed E-state index contributed by atoms with van der Waals surface area (Å²) < 4.78 is 6.15. The predicted molar refractivity (Wildman–Crippen MR) is 103 cm³/mol. The summed E-state index contributed by atoms with van der Waals surface area (Å²) in [4.78, 5) is 28.9. The van der Waals surface area contributed by atoms with Gasteiger partial charge in [-0.3, -0.25) is 4.79 Å². The van der Waals surface area contributed by atoms with Gasteiger partial charge >= 0.3 is 5.69 Å². The highest BCUT2D eigenvalue weighted by molar-refractivity contribution is 5.93. The van der Waals surface area contributed by atoms with Crippen LogP contribution in [0.3, 0.4) is 0 Å². The second kappa shape index (κ2) is 7.82. The van der Waals surface area contributed by atoms with Gasteiger partial charge < -0.3 is 10.1 Å². The molecule has 1 heterocycles. The number of carbonyl (C=O) groups excluding carboxylic acids is 1. The van der Waals surface area contributed by atoms with Crippen LogP contribution in [-0.4, -0.2) is 27.8 Å². The van der Waals surface area contributed by atoms with Crippen LogP contribution < -0.4 is 15.7 Å². The number of nitrogens with one attached hydrogen (secondary N) is 1. The molecule has 27 heavy (non-hydrogen) atoms. The monoisotopic (exact) mass is 364 g/mol. The fourth-order valence-corrected chi connectivity index (χ4v) is 2.51. The molecule has 1 unspecified atom stereocenters. The Balaban J connectivity index is 1.77. The van der Waals surface area contributed by atoms with Gasteiger partial charge in [0.25, 0.3) is 0 Å². The van der Waals surface area contributed by atoms with Crippen molar-refractivity contribution in [2.75, 3.05) is 12.4 Å². The molecule has 0 bridgehead atoms. The Kier molecular flexibility index (Phi) is 5.30. The third-order valence-electron chi connectivity index (χ3n) is 4.17. The molecule has 7 heteroatoms. The first-order valence-corrected chi connectivity index (χ1v) is 8.46. The molecule has 0 aliphatic heterocycles. The summed E-state index contributed by atoms with van der Waals surface area (Å²) in [7, 11) is 1.57. The lowest BCUT2D eigenvalue weighted by Crippen LogP contribution is -2.34. The largest absolute Gasteiger partial charge is 0.497 e. The summed E-state index contributed by atoms with van der Waals surface area (Å²) >= 11 is 0. The summed E-state index contributed by atoms with van der Waals surface area (Å²) in [6.45, 7) is 3.58. The van der Waals surface area contributed by atoms with E-state index < -0.39 is 11.7 Å². The molecule has 0 aliphatic carbocycles. The minimum Gasteiger partial charge on any atom is -0.497 e. The van der Waals surface area contributed by atoms with Crippen molar-refractivity contribution in [3.8, 4) is 17.0 Å². The number of carbonyl (C=O) groups is 1. The topological polar surface area (TPSA) is 86.1 Å². The molecule has 2 aromatic carbocycles. The van der Waals surface area contributed by atoms with Crippen molar-refractivity contribution in [3.05, 3.63) is 70.8 Å². The van der Waals surface area contributed by atoms with E-state index in [0.29, 0.717) is 17.1 Å². The maximum absolute atomic E-state index is 12.4. The van der Waals surface area contributed by atoms with Crippen molar-refractivity contribution < 1.29 is 9.53 Å². The number of aryl methyl sites for hydroxylation is 1.